The topological polar surface area (TPSA) is 70.6 Å². The Morgan fingerprint density at radius 2 is 1.32 bits per heavy atom. The predicted molar refractivity (Wildman–Crippen MR) is 132 cm³/mol. The molecule has 0 radical (unpaired) electrons. The lowest BCUT2D eigenvalue weighted by Gasteiger charge is -2.10. The average molecular weight is 537 g/mol. The summed E-state index contributed by atoms with van der Waals surface area (Å²) in [4.78, 5) is 11.1. The first-order valence-electron chi connectivity index (χ1n) is 12.6. The van der Waals surface area contributed by atoms with Crippen molar-refractivity contribution in [2.24, 2.45) is 0 Å². The van der Waals surface area contributed by atoms with Crippen molar-refractivity contribution in [1.82, 2.24) is 0 Å². The van der Waals surface area contributed by atoms with Crippen molar-refractivity contribution >= 4 is 5.97 Å². The quantitative estimate of drug-likeness (QED) is 0.239. The van der Waals surface area contributed by atoms with E-state index in [-0.39, 0.29) is 28.3 Å². The molecule has 0 saturated carbocycles. The first kappa shape index (κ1) is 30.0. The maximum atomic E-state index is 11.1. The minimum Gasteiger partial charge on any atom is -1.00 e. The van der Waals surface area contributed by atoms with Gasteiger partial charge < -0.3 is 31.9 Å². The highest BCUT2D eigenvalue weighted by Gasteiger charge is 2.14. The molecule has 0 aliphatic carbocycles. The fourth-order valence-electron chi connectivity index (χ4n) is 4.13. The third-order valence-electron chi connectivity index (χ3n) is 6.14. The number of halogens is 1. The summed E-state index contributed by atoms with van der Waals surface area (Å²) in [6.07, 6.45) is 19.6. The monoisotopic (exact) mass is 535 g/mol. The van der Waals surface area contributed by atoms with Crippen LogP contribution in [0.2, 0.25) is 0 Å². The molecule has 2 rings (SSSR count). The van der Waals surface area contributed by atoms with E-state index >= 15 is 0 Å². The molecule has 6 heteroatoms. The number of ether oxygens (including phenoxy) is 1. The lowest BCUT2D eigenvalue weighted by molar-refractivity contribution is -0.697. The number of benzene rings is 1. The number of aromatic nitrogens is 1. The fraction of sp³-hybridized carbons (Fsp3) is 0.571. The second-order valence-corrected chi connectivity index (χ2v) is 9.14. The van der Waals surface area contributed by atoms with Crippen LogP contribution < -0.4 is 26.3 Å². The van der Waals surface area contributed by atoms with E-state index in [9.17, 15) is 9.90 Å². The van der Waals surface area contributed by atoms with Gasteiger partial charge in [-0.2, -0.15) is 0 Å². The molecule has 0 aliphatic heterocycles. The average Bonchev–Trinajstić information content (AvgIpc) is 2.77. The highest BCUT2D eigenvalue weighted by molar-refractivity contribution is 5.92. The first-order chi connectivity index (χ1) is 16.0. The second-order valence-electron chi connectivity index (χ2n) is 9.14. The SMILES string of the molecule is Cc1cc[n+](CCCCCCCCCCCCCCOc2cc(C)c(C(=O)O)c(O)c2)cc1.[Br-]. The second kappa shape index (κ2) is 17.4. The zero-order valence-electron chi connectivity index (χ0n) is 20.9. The van der Waals surface area contributed by atoms with Gasteiger partial charge in [-0.3, -0.25) is 0 Å². The van der Waals surface area contributed by atoms with Crippen molar-refractivity contribution in [3.8, 4) is 11.5 Å². The van der Waals surface area contributed by atoms with Gasteiger partial charge in [-0.1, -0.05) is 57.8 Å². The smallest absolute Gasteiger partial charge is 0.339 e. The molecule has 0 aliphatic rings. The van der Waals surface area contributed by atoms with E-state index in [0.717, 1.165) is 19.4 Å². The molecular weight excluding hydrogens is 494 g/mol. The zero-order valence-corrected chi connectivity index (χ0v) is 22.5. The van der Waals surface area contributed by atoms with Crippen molar-refractivity contribution in [3.63, 3.8) is 0 Å². The zero-order chi connectivity index (χ0) is 23.9. The Bertz CT molecular complexity index is 816. The molecule has 1 heterocycles. The molecular formula is C28H42BrNO4. The van der Waals surface area contributed by atoms with Crippen LogP contribution in [0, 0.1) is 13.8 Å². The summed E-state index contributed by atoms with van der Waals surface area (Å²) in [6.45, 7) is 5.52. The highest BCUT2D eigenvalue weighted by Crippen LogP contribution is 2.27. The van der Waals surface area contributed by atoms with Gasteiger partial charge in [0.1, 0.15) is 23.6 Å². The summed E-state index contributed by atoms with van der Waals surface area (Å²) in [7, 11) is 0. The van der Waals surface area contributed by atoms with Crippen LogP contribution in [0.25, 0.3) is 0 Å². The van der Waals surface area contributed by atoms with Crippen LogP contribution in [0.4, 0.5) is 0 Å². The number of hydrogen-bond donors (Lipinski definition) is 2. The van der Waals surface area contributed by atoms with E-state index in [0.29, 0.717) is 17.9 Å². The molecule has 190 valence electrons. The predicted octanol–water partition coefficient (Wildman–Crippen LogP) is 3.76. The number of pyridine rings is 1. The number of phenols is 1. The first-order valence-corrected chi connectivity index (χ1v) is 12.6. The number of aromatic carboxylic acids is 1. The van der Waals surface area contributed by atoms with Crippen molar-refractivity contribution in [1.29, 1.82) is 0 Å². The van der Waals surface area contributed by atoms with E-state index in [1.54, 1.807) is 13.0 Å². The van der Waals surface area contributed by atoms with Crippen LogP contribution in [0.15, 0.2) is 36.7 Å². The van der Waals surface area contributed by atoms with Gasteiger partial charge in [0.2, 0.25) is 0 Å². The summed E-state index contributed by atoms with van der Waals surface area (Å²) in [5.41, 5.74) is 1.78. The highest BCUT2D eigenvalue weighted by atomic mass is 79.9. The van der Waals surface area contributed by atoms with Crippen molar-refractivity contribution in [2.45, 2.75) is 97.4 Å². The largest absolute Gasteiger partial charge is 1.00 e. The summed E-state index contributed by atoms with van der Waals surface area (Å²) < 4.78 is 7.96. The lowest BCUT2D eigenvalue weighted by atomic mass is 10.1. The number of unbranched alkanes of at least 4 members (excludes halogenated alkanes) is 11. The lowest BCUT2D eigenvalue weighted by Crippen LogP contribution is -3.00. The van der Waals surface area contributed by atoms with Gasteiger partial charge >= 0.3 is 5.97 Å². The molecule has 0 saturated heterocycles. The van der Waals surface area contributed by atoms with Crippen molar-refractivity contribution in [2.75, 3.05) is 6.61 Å². The minimum atomic E-state index is -1.12. The Labute approximate surface area is 215 Å². The molecule has 0 bridgehead atoms. The third-order valence-corrected chi connectivity index (χ3v) is 6.14. The number of carboxylic acids is 1. The Morgan fingerprint density at radius 3 is 1.82 bits per heavy atom. The molecule has 0 amide bonds. The van der Waals surface area contributed by atoms with Crippen LogP contribution in [0.3, 0.4) is 0 Å². The molecule has 0 atom stereocenters. The number of carbonyl (C=O) groups is 1. The van der Waals surface area contributed by atoms with Gasteiger partial charge in [0, 0.05) is 24.6 Å². The normalized spacial score (nSPS) is 10.6. The van der Waals surface area contributed by atoms with E-state index in [1.165, 1.54) is 75.8 Å². The standard InChI is InChI=1S/C28H41NO4.BrH/c1-23-15-18-29(19-16-23)17-13-11-9-7-5-3-4-6-8-10-12-14-20-33-25-21-24(2)27(28(31)32)26(30)22-25;/h15-16,18-19,21-22H,3-14,17,20H2,1-2H3,(H-,30,31,32);1H. The molecule has 2 aromatic rings. The van der Waals surface area contributed by atoms with E-state index in [4.69, 9.17) is 9.84 Å². The van der Waals surface area contributed by atoms with E-state index in [1.807, 2.05) is 0 Å². The number of aromatic hydroxyl groups is 1. The number of hydrogen-bond acceptors (Lipinski definition) is 3. The number of nitrogens with zero attached hydrogens (tertiary/aromatic N) is 1. The molecule has 0 spiro atoms. The van der Waals surface area contributed by atoms with Crippen LogP contribution in [-0.4, -0.2) is 22.8 Å². The Hall–Kier alpha value is -2.08. The van der Waals surface area contributed by atoms with Gasteiger partial charge in [0.05, 0.1) is 6.61 Å². The number of rotatable bonds is 17. The molecule has 5 nitrogen and oxygen atoms in total. The third kappa shape index (κ3) is 11.9. The van der Waals surface area contributed by atoms with Gasteiger partial charge in [-0.15, -0.1) is 0 Å². The Kier molecular flexibility index (Phi) is 15.3. The van der Waals surface area contributed by atoms with Gasteiger partial charge in [0.25, 0.3) is 0 Å². The van der Waals surface area contributed by atoms with Crippen LogP contribution in [0.5, 0.6) is 11.5 Å². The maximum absolute atomic E-state index is 11.1. The van der Waals surface area contributed by atoms with Crippen molar-refractivity contribution in [3.05, 3.63) is 53.3 Å². The van der Waals surface area contributed by atoms with Gasteiger partial charge in [-0.05, 0) is 43.9 Å². The van der Waals surface area contributed by atoms with Crippen LogP contribution >= 0.6 is 0 Å². The number of carboxylic acid groups (broad SMARTS) is 1. The molecule has 2 N–H and O–H groups in total. The maximum Gasteiger partial charge on any atom is 0.339 e. The minimum absolute atomic E-state index is 0. The summed E-state index contributed by atoms with van der Waals surface area (Å²) in [6, 6.07) is 7.41. The molecule has 1 aromatic carbocycles. The summed E-state index contributed by atoms with van der Waals surface area (Å²) in [5.74, 6) is -0.827. The van der Waals surface area contributed by atoms with Gasteiger partial charge in [0.15, 0.2) is 12.4 Å². The molecule has 0 unspecified atom stereocenters. The molecule has 0 fully saturated rings. The van der Waals surface area contributed by atoms with Crippen LogP contribution in [-0.2, 0) is 6.54 Å². The van der Waals surface area contributed by atoms with E-state index < -0.39 is 5.97 Å². The fourth-order valence-corrected chi connectivity index (χ4v) is 4.13. The Morgan fingerprint density at radius 1 is 0.824 bits per heavy atom. The molecule has 1 aromatic heterocycles. The number of aryl methyl sites for hydroxylation is 3. The van der Waals surface area contributed by atoms with Crippen molar-refractivity contribution < 1.29 is 41.3 Å². The summed E-state index contributed by atoms with van der Waals surface area (Å²) in [5, 5.41) is 18.9. The summed E-state index contributed by atoms with van der Waals surface area (Å²) >= 11 is 0. The molecule has 34 heavy (non-hydrogen) atoms. The Balaban J connectivity index is 0.00000578. The van der Waals surface area contributed by atoms with Crippen LogP contribution in [0.1, 0.15) is 98.5 Å². The van der Waals surface area contributed by atoms with E-state index in [2.05, 4.69) is 36.0 Å². The van der Waals surface area contributed by atoms with Gasteiger partial charge in [-0.25, -0.2) is 9.36 Å².